The highest BCUT2D eigenvalue weighted by molar-refractivity contribution is 6.04. The highest BCUT2D eigenvalue weighted by Gasteiger charge is 2.18. The SMILES string of the molecule is O=C(O)c1cnc2ccccc2c1NC1CC=CCC1. The van der Waals surface area contributed by atoms with Crippen molar-refractivity contribution in [2.75, 3.05) is 5.32 Å². The first-order valence-electron chi connectivity index (χ1n) is 6.78. The zero-order valence-electron chi connectivity index (χ0n) is 11.0. The van der Waals surface area contributed by atoms with E-state index in [2.05, 4.69) is 22.5 Å². The zero-order chi connectivity index (χ0) is 13.9. The molecule has 1 aliphatic carbocycles. The maximum Gasteiger partial charge on any atom is 0.339 e. The molecule has 1 atom stereocenters. The van der Waals surface area contributed by atoms with Gasteiger partial charge in [-0.3, -0.25) is 4.98 Å². The Morgan fingerprint density at radius 3 is 2.90 bits per heavy atom. The van der Waals surface area contributed by atoms with E-state index in [0.717, 1.165) is 30.2 Å². The fraction of sp³-hybridized carbons (Fsp3) is 0.250. The van der Waals surface area contributed by atoms with Gasteiger partial charge < -0.3 is 10.4 Å². The first-order chi connectivity index (χ1) is 9.75. The molecule has 0 amide bonds. The lowest BCUT2D eigenvalue weighted by molar-refractivity contribution is 0.0697. The Bertz CT molecular complexity index is 679. The molecule has 0 spiro atoms. The number of pyridine rings is 1. The largest absolute Gasteiger partial charge is 0.478 e. The number of aromatic carboxylic acids is 1. The van der Waals surface area contributed by atoms with Crippen LogP contribution in [-0.2, 0) is 0 Å². The molecule has 4 heteroatoms. The molecule has 1 aromatic heterocycles. The molecule has 0 radical (unpaired) electrons. The third kappa shape index (κ3) is 2.37. The van der Waals surface area contributed by atoms with Crippen LogP contribution in [0.5, 0.6) is 0 Å². The molecule has 0 aliphatic heterocycles. The summed E-state index contributed by atoms with van der Waals surface area (Å²) in [4.78, 5) is 15.6. The standard InChI is InChI=1S/C16H16N2O2/c19-16(20)13-10-17-14-9-5-4-8-12(14)15(13)18-11-6-2-1-3-7-11/h1-2,4-5,8-11H,3,6-7H2,(H,17,18)(H,19,20). The van der Waals surface area contributed by atoms with Gasteiger partial charge in [0.25, 0.3) is 0 Å². The fourth-order valence-corrected chi connectivity index (χ4v) is 2.59. The van der Waals surface area contributed by atoms with Gasteiger partial charge in [-0.05, 0) is 25.3 Å². The predicted molar refractivity (Wildman–Crippen MR) is 79.1 cm³/mol. The third-order valence-corrected chi connectivity index (χ3v) is 3.62. The predicted octanol–water partition coefficient (Wildman–Crippen LogP) is 3.45. The first kappa shape index (κ1) is 12.7. The van der Waals surface area contributed by atoms with E-state index in [1.807, 2.05) is 24.3 Å². The second-order valence-electron chi connectivity index (χ2n) is 4.99. The number of carboxylic acid groups (broad SMARTS) is 1. The summed E-state index contributed by atoms with van der Waals surface area (Å²) in [6.45, 7) is 0. The van der Waals surface area contributed by atoms with Gasteiger partial charge in [-0.2, -0.15) is 0 Å². The number of hydrogen-bond acceptors (Lipinski definition) is 3. The van der Waals surface area contributed by atoms with Crippen LogP contribution in [0.1, 0.15) is 29.6 Å². The van der Waals surface area contributed by atoms with E-state index in [1.165, 1.54) is 6.20 Å². The average molecular weight is 268 g/mol. The van der Waals surface area contributed by atoms with Crippen molar-refractivity contribution in [1.29, 1.82) is 0 Å². The number of anilines is 1. The summed E-state index contributed by atoms with van der Waals surface area (Å²) < 4.78 is 0. The molecular weight excluding hydrogens is 252 g/mol. The number of nitrogens with zero attached hydrogens (tertiary/aromatic N) is 1. The number of aromatic nitrogens is 1. The van der Waals surface area contributed by atoms with Crippen LogP contribution in [0.25, 0.3) is 10.9 Å². The fourth-order valence-electron chi connectivity index (χ4n) is 2.59. The Kier molecular flexibility index (Phi) is 3.37. The molecular formula is C16H16N2O2. The number of rotatable bonds is 3. The second-order valence-corrected chi connectivity index (χ2v) is 4.99. The Balaban J connectivity index is 2.07. The lowest BCUT2D eigenvalue weighted by Gasteiger charge is -2.22. The molecule has 3 rings (SSSR count). The minimum absolute atomic E-state index is 0.234. The van der Waals surface area contributed by atoms with Gasteiger partial charge in [-0.1, -0.05) is 30.4 Å². The molecule has 1 unspecified atom stereocenters. The molecule has 102 valence electrons. The van der Waals surface area contributed by atoms with Gasteiger partial charge in [0.2, 0.25) is 0 Å². The van der Waals surface area contributed by atoms with Crippen LogP contribution in [0.15, 0.2) is 42.6 Å². The van der Waals surface area contributed by atoms with Crippen LogP contribution < -0.4 is 5.32 Å². The normalized spacial score (nSPS) is 18.1. The maximum atomic E-state index is 11.4. The van der Waals surface area contributed by atoms with Crippen LogP contribution in [-0.4, -0.2) is 22.1 Å². The van der Waals surface area contributed by atoms with E-state index in [-0.39, 0.29) is 11.6 Å². The monoisotopic (exact) mass is 268 g/mol. The number of allylic oxidation sites excluding steroid dienone is 1. The lowest BCUT2D eigenvalue weighted by atomic mass is 10.0. The highest BCUT2D eigenvalue weighted by atomic mass is 16.4. The van der Waals surface area contributed by atoms with E-state index in [4.69, 9.17) is 0 Å². The van der Waals surface area contributed by atoms with Crippen molar-refractivity contribution in [3.05, 3.63) is 48.2 Å². The quantitative estimate of drug-likeness (QED) is 0.837. The zero-order valence-corrected chi connectivity index (χ0v) is 11.0. The topological polar surface area (TPSA) is 62.2 Å². The maximum absolute atomic E-state index is 11.4. The molecule has 0 bridgehead atoms. The molecule has 0 saturated carbocycles. The van der Waals surface area contributed by atoms with Crippen LogP contribution in [0.3, 0.4) is 0 Å². The van der Waals surface area contributed by atoms with Gasteiger partial charge in [0.15, 0.2) is 0 Å². The Labute approximate surface area is 117 Å². The average Bonchev–Trinajstić information content (AvgIpc) is 2.48. The van der Waals surface area contributed by atoms with Crippen LogP contribution in [0.2, 0.25) is 0 Å². The van der Waals surface area contributed by atoms with Gasteiger partial charge >= 0.3 is 5.97 Å². The van der Waals surface area contributed by atoms with Crippen molar-refractivity contribution < 1.29 is 9.90 Å². The molecule has 20 heavy (non-hydrogen) atoms. The highest BCUT2D eigenvalue weighted by Crippen LogP contribution is 2.28. The second kappa shape index (κ2) is 5.33. The van der Waals surface area contributed by atoms with E-state index in [0.29, 0.717) is 5.69 Å². The summed E-state index contributed by atoms with van der Waals surface area (Å²) in [6.07, 6.45) is 8.72. The Morgan fingerprint density at radius 1 is 1.30 bits per heavy atom. The van der Waals surface area contributed by atoms with E-state index < -0.39 is 5.97 Å². The van der Waals surface area contributed by atoms with Crippen molar-refractivity contribution in [2.24, 2.45) is 0 Å². The smallest absolute Gasteiger partial charge is 0.339 e. The lowest BCUT2D eigenvalue weighted by Crippen LogP contribution is -2.22. The molecule has 0 fully saturated rings. The summed E-state index contributed by atoms with van der Waals surface area (Å²) in [5, 5.41) is 13.6. The molecule has 1 heterocycles. The van der Waals surface area contributed by atoms with E-state index in [9.17, 15) is 9.90 Å². The number of benzene rings is 1. The van der Waals surface area contributed by atoms with Gasteiger partial charge in [-0.15, -0.1) is 0 Å². The first-order valence-corrected chi connectivity index (χ1v) is 6.78. The summed E-state index contributed by atoms with van der Waals surface area (Å²) in [7, 11) is 0. The molecule has 4 nitrogen and oxygen atoms in total. The van der Waals surface area contributed by atoms with Crippen LogP contribution in [0.4, 0.5) is 5.69 Å². The Hall–Kier alpha value is -2.36. The summed E-state index contributed by atoms with van der Waals surface area (Å²) in [5.74, 6) is -0.947. The van der Waals surface area contributed by atoms with E-state index in [1.54, 1.807) is 0 Å². The minimum atomic E-state index is -0.947. The van der Waals surface area contributed by atoms with Gasteiger partial charge in [0, 0.05) is 17.6 Å². The molecule has 0 saturated heterocycles. The van der Waals surface area contributed by atoms with Crippen LogP contribution >= 0.6 is 0 Å². The minimum Gasteiger partial charge on any atom is -0.478 e. The molecule has 2 N–H and O–H groups in total. The van der Waals surface area contributed by atoms with Crippen molar-refractivity contribution in [3.8, 4) is 0 Å². The number of para-hydroxylation sites is 1. The van der Waals surface area contributed by atoms with Gasteiger partial charge in [0.1, 0.15) is 5.56 Å². The van der Waals surface area contributed by atoms with Crippen molar-refractivity contribution >= 4 is 22.6 Å². The number of nitrogens with one attached hydrogen (secondary N) is 1. The third-order valence-electron chi connectivity index (χ3n) is 3.62. The van der Waals surface area contributed by atoms with Gasteiger partial charge in [-0.25, -0.2) is 4.79 Å². The van der Waals surface area contributed by atoms with E-state index >= 15 is 0 Å². The molecule has 1 aromatic carbocycles. The summed E-state index contributed by atoms with van der Waals surface area (Å²) >= 11 is 0. The van der Waals surface area contributed by atoms with Crippen molar-refractivity contribution in [1.82, 2.24) is 4.98 Å². The van der Waals surface area contributed by atoms with Crippen molar-refractivity contribution in [3.63, 3.8) is 0 Å². The number of carboxylic acids is 1. The van der Waals surface area contributed by atoms with Crippen LogP contribution in [0, 0.1) is 0 Å². The molecule has 1 aliphatic rings. The molecule has 2 aromatic rings. The van der Waals surface area contributed by atoms with Crippen molar-refractivity contribution in [2.45, 2.75) is 25.3 Å². The Morgan fingerprint density at radius 2 is 2.15 bits per heavy atom. The number of hydrogen-bond donors (Lipinski definition) is 2. The number of carbonyl (C=O) groups is 1. The van der Waals surface area contributed by atoms with Gasteiger partial charge in [0.05, 0.1) is 11.2 Å². The summed E-state index contributed by atoms with van der Waals surface area (Å²) in [6, 6.07) is 7.90. The number of fused-ring (bicyclic) bond motifs is 1. The summed E-state index contributed by atoms with van der Waals surface area (Å²) in [5.41, 5.74) is 1.73.